The summed E-state index contributed by atoms with van der Waals surface area (Å²) in [5.41, 5.74) is 1.74. The molecule has 5 nitrogen and oxygen atoms in total. The number of benzene rings is 2. The first-order valence-electron chi connectivity index (χ1n) is 7.47. The second kappa shape index (κ2) is 8.49. The van der Waals surface area contributed by atoms with Gasteiger partial charge in [-0.25, -0.2) is 4.79 Å². The van der Waals surface area contributed by atoms with Gasteiger partial charge in [0.1, 0.15) is 11.5 Å². The van der Waals surface area contributed by atoms with Crippen molar-refractivity contribution in [3.05, 3.63) is 52.5 Å². The fourth-order valence-corrected chi connectivity index (χ4v) is 2.48. The van der Waals surface area contributed by atoms with Crippen molar-refractivity contribution in [3.63, 3.8) is 0 Å². The molecule has 0 unspecified atom stereocenters. The van der Waals surface area contributed by atoms with E-state index in [1.54, 1.807) is 37.3 Å². The maximum absolute atomic E-state index is 11.8. The Morgan fingerprint density at radius 2 is 1.83 bits per heavy atom. The number of carbonyl (C=O) groups is 2. The number of halogens is 1. The quantitative estimate of drug-likeness (QED) is 0.594. The minimum absolute atomic E-state index is 0.0724. The smallest absolute Gasteiger partial charge is 0.349 e. The molecular formula is C18H18BrNO4. The van der Waals surface area contributed by atoms with E-state index in [4.69, 9.17) is 9.47 Å². The molecule has 0 saturated carbocycles. The van der Waals surface area contributed by atoms with E-state index in [-0.39, 0.29) is 12.5 Å². The first-order chi connectivity index (χ1) is 11.5. The summed E-state index contributed by atoms with van der Waals surface area (Å²) in [5, 5.41) is 2.72. The number of aryl methyl sites for hydroxylation is 1. The van der Waals surface area contributed by atoms with E-state index in [0.29, 0.717) is 23.6 Å². The summed E-state index contributed by atoms with van der Waals surface area (Å²) < 4.78 is 11.4. The predicted molar refractivity (Wildman–Crippen MR) is 95.4 cm³/mol. The second-order valence-corrected chi connectivity index (χ2v) is 5.98. The van der Waals surface area contributed by atoms with Crippen LogP contribution in [0.1, 0.15) is 18.9 Å². The fourth-order valence-electron chi connectivity index (χ4n) is 1.88. The maximum Gasteiger partial charge on any atom is 0.349 e. The zero-order valence-electron chi connectivity index (χ0n) is 13.5. The minimum atomic E-state index is -0.507. The van der Waals surface area contributed by atoms with Crippen LogP contribution in [-0.4, -0.2) is 18.5 Å². The highest BCUT2D eigenvalue weighted by Crippen LogP contribution is 2.25. The zero-order chi connectivity index (χ0) is 17.5. The van der Waals surface area contributed by atoms with Crippen molar-refractivity contribution in [2.75, 3.05) is 11.9 Å². The van der Waals surface area contributed by atoms with Gasteiger partial charge in [0.25, 0.3) is 0 Å². The van der Waals surface area contributed by atoms with Crippen LogP contribution in [0.5, 0.6) is 11.5 Å². The Kier molecular flexibility index (Phi) is 6.37. The van der Waals surface area contributed by atoms with Gasteiger partial charge in [0, 0.05) is 12.1 Å². The molecular weight excluding hydrogens is 374 g/mol. The van der Waals surface area contributed by atoms with E-state index in [0.717, 1.165) is 10.0 Å². The molecule has 0 aliphatic carbocycles. The van der Waals surface area contributed by atoms with Crippen LogP contribution in [0.2, 0.25) is 0 Å². The first-order valence-corrected chi connectivity index (χ1v) is 8.26. The summed E-state index contributed by atoms with van der Waals surface area (Å²) >= 11 is 3.39. The molecule has 24 heavy (non-hydrogen) atoms. The Morgan fingerprint density at radius 1 is 1.12 bits per heavy atom. The molecule has 0 heterocycles. The molecule has 1 N–H and O–H groups in total. The molecule has 6 heteroatoms. The number of esters is 1. The average molecular weight is 392 g/mol. The number of amides is 1. The number of anilines is 1. The first kappa shape index (κ1) is 18.0. The number of rotatable bonds is 6. The molecule has 0 atom stereocenters. The van der Waals surface area contributed by atoms with E-state index in [9.17, 15) is 9.59 Å². The van der Waals surface area contributed by atoms with Crippen LogP contribution < -0.4 is 14.8 Å². The van der Waals surface area contributed by atoms with Crippen molar-refractivity contribution in [1.29, 1.82) is 0 Å². The molecule has 0 aliphatic heterocycles. The molecule has 126 valence electrons. The van der Waals surface area contributed by atoms with Gasteiger partial charge in [0.15, 0.2) is 6.61 Å². The summed E-state index contributed by atoms with van der Waals surface area (Å²) in [6, 6.07) is 12.2. The lowest BCUT2D eigenvalue weighted by molar-refractivity contribution is -0.136. The van der Waals surface area contributed by atoms with Gasteiger partial charge in [0.05, 0.1) is 4.47 Å². The number of ether oxygens (including phenoxy) is 2. The summed E-state index contributed by atoms with van der Waals surface area (Å²) in [4.78, 5) is 23.1. The van der Waals surface area contributed by atoms with Gasteiger partial charge in [-0.15, -0.1) is 0 Å². The molecule has 2 rings (SSSR count). The molecule has 0 radical (unpaired) electrons. The Hall–Kier alpha value is -2.34. The highest BCUT2D eigenvalue weighted by molar-refractivity contribution is 9.10. The topological polar surface area (TPSA) is 64.6 Å². The van der Waals surface area contributed by atoms with Crippen molar-refractivity contribution in [1.82, 2.24) is 0 Å². The van der Waals surface area contributed by atoms with Crippen LogP contribution in [-0.2, 0) is 9.59 Å². The minimum Gasteiger partial charge on any atom is -0.481 e. The van der Waals surface area contributed by atoms with Gasteiger partial charge >= 0.3 is 5.97 Å². The van der Waals surface area contributed by atoms with E-state index < -0.39 is 5.97 Å². The number of nitrogens with one attached hydrogen (secondary N) is 1. The van der Waals surface area contributed by atoms with Crippen molar-refractivity contribution < 1.29 is 19.1 Å². The van der Waals surface area contributed by atoms with Crippen molar-refractivity contribution in [2.24, 2.45) is 0 Å². The molecule has 0 fully saturated rings. The Morgan fingerprint density at radius 3 is 2.46 bits per heavy atom. The Labute approximate surface area is 149 Å². The molecule has 0 spiro atoms. The Balaban J connectivity index is 1.86. The lowest BCUT2D eigenvalue weighted by Crippen LogP contribution is -2.18. The normalized spacial score (nSPS) is 10.1. The highest BCUT2D eigenvalue weighted by atomic mass is 79.9. The summed E-state index contributed by atoms with van der Waals surface area (Å²) in [6.45, 7) is 3.54. The van der Waals surface area contributed by atoms with Gasteiger partial charge in [-0.1, -0.05) is 13.0 Å². The summed E-state index contributed by atoms with van der Waals surface area (Å²) in [6.07, 6.45) is 0.405. The van der Waals surface area contributed by atoms with Crippen molar-refractivity contribution in [3.8, 4) is 11.5 Å². The van der Waals surface area contributed by atoms with Gasteiger partial charge in [-0.05, 0) is 64.8 Å². The van der Waals surface area contributed by atoms with E-state index >= 15 is 0 Å². The molecule has 2 aromatic rings. The van der Waals surface area contributed by atoms with Gasteiger partial charge in [-0.3, -0.25) is 4.79 Å². The van der Waals surface area contributed by atoms with Crippen LogP contribution in [0.3, 0.4) is 0 Å². The van der Waals surface area contributed by atoms with Crippen LogP contribution in [0.15, 0.2) is 46.9 Å². The highest BCUT2D eigenvalue weighted by Gasteiger charge is 2.09. The zero-order valence-corrected chi connectivity index (χ0v) is 15.1. The maximum atomic E-state index is 11.8. The third-order valence-electron chi connectivity index (χ3n) is 3.12. The van der Waals surface area contributed by atoms with Crippen LogP contribution in [0.4, 0.5) is 5.69 Å². The predicted octanol–water partition coefficient (Wildman–Crippen LogP) is 4.09. The summed E-state index contributed by atoms with van der Waals surface area (Å²) in [5.74, 6) is 0.390. The largest absolute Gasteiger partial charge is 0.481 e. The lowest BCUT2D eigenvalue weighted by atomic mass is 10.2. The SMILES string of the molecule is CCC(=O)Nc1ccc(OC(=O)COc2ccc(C)cc2Br)cc1. The summed E-state index contributed by atoms with van der Waals surface area (Å²) in [7, 11) is 0. The van der Waals surface area contributed by atoms with Gasteiger partial charge in [0.2, 0.25) is 5.91 Å². The molecule has 0 aliphatic rings. The Bertz CT molecular complexity index is 728. The second-order valence-electron chi connectivity index (χ2n) is 5.12. The molecule has 1 amide bonds. The fraction of sp³-hybridized carbons (Fsp3) is 0.222. The van der Waals surface area contributed by atoms with Crippen molar-refractivity contribution in [2.45, 2.75) is 20.3 Å². The van der Waals surface area contributed by atoms with Crippen LogP contribution in [0.25, 0.3) is 0 Å². The van der Waals surface area contributed by atoms with E-state index in [2.05, 4.69) is 21.2 Å². The molecule has 0 aromatic heterocycles. The van der Waals surface area contributed by atoms with Gasteiger partial charge in [-0.2, -0.15) is 0 Å². The number of hydrogen-bond donors (Lipinski definition) is 1. The third-order valence-corrected chi connectivity index (χ3v) is 3.74. The van der Waals surface area contributed by atoms with E-state index in [1.807, 2.05) is 19.1 Å². The van der Waals surface area contributed by atoms with Crippen molar-refractivity contribution >= 4 is 33.5 Å². The molecule has 0 bridgehead atoms. The molecule has 0 saturated heterocycles. The number of hydrogen-bond acceptors (Lipinski definition) is 4. The van der Waals surface area contributed by atoms with Crippen LogP contribution >= 0.6 is 15.9 Å². The third kappa shape index (κ3) is 5.38. The van der Waals surface area contributed by atoms with E-state index in [1.165, 1.54) is 0 Å². The average Bonchev–Trinajstić information content (AvgIpc) is 2.55. The lowest BCUT2D eigenvalue weighted by Gasteiger charge is -2.09. The van der Waals surface area contributed by atoms with Gasteiger partial charge < -0.3 is 14.8 Å². The number of carbonyl (C=O) groups excluding carboxylic acids is 2. The molecule has 2 aromatic carbocycles. The van der Waals surface area contributed by atoms with Crippen LogP contribution in [0, 0.1) is 6.92 Å². The standard InChI is InChI=1S/C18H18BrNO4/c1-3-17(21)20-13-5-7-14(8-6-13)24-18(22)11-23-16-9-4-12(2)10-15(16)19/h4-10H,3,11H2,1-2H3,(H,20,21). The monoisotopic (exact) mass is 391 g/mol.